The molecule has 3 heterocycles. The van der Waals surface area contributed by atoms with Crippen LogP contribution in [-0.4, -0.2) is 31.8 Å². The molecule has 6 nitrogen and oxygen atoms in total. The molecule has 3 aromatic heterocycles. The fraction of sp³-hybridized carbons (Fsp3) is 0.429. The maximum atomic E-state index is 4.59. The number of fused-ring (bicyclic) bond motifs is 1. The van der Waals surface area contributed by atoms with Crippen molar-refractivity contribution in [3.8, 4) is 0 Å². The van der Waals surface area contributed by atoms with Gasteiger partial charge in [-0.2, -0.15) is 0 Å². The minimum absolute atomic E-state index is 0.344. The van der Waals surface area contributed by atoms with Crippen molar-refractivity contribution >= 4 is 27.4 Å². The van der Waals surface area contributed by atoms with Gasteiger partial charge in [0.2, 0.25) is 0 Å². The van der Waals surface area contributed by atoms with Gasteiger partial charge in [0.25, 0.3) is 0 Å². The SMILES string of the molecule is Cc1nc(N(C)Cc2nncn2C(C)C)c2ccsc2n1. The lowest BCUT2D eigenvalue weighted by atomic mass is 10.3. The highest BCUT2D eigenvalue weighted by Gasteiger charge is 2.15. The van der Waals surface area contributed by atoms with Crippen molar-refractivity contribution < 1.29 is 0 Å². The lowest BCUT2D eigenvalue weighted by molar-refractivity contribution is 0.564. The largest absolute Gasteiger partial charge is 0.351 e. The molecule has 0 saturated carbocycles. The van der Waals surface area contributed by atoms with E-state index >= 15 is 0 Å². The molecule has 3 aromatic rings. The molecule has 7 heteroatoms. The molecule has 0 saturated heterocycles. The first-order valence-corrected chi connectivity index (χ1v) is 7.75. The van der Waals surface area contributed by atoms with Gasteiger partial charge in [-0.1, -0.05) is 0 Å². The Labute approximate surface area is 127 Å². The predicted molar refractivity (Wildman–Crippen MR) is 84.7 cm³/mol. The Morgan fingerprint density at radius 2 is 2.14 bits per heavy atom. The topological polar surface area (TPSA) is 59.7 Å². The van der Waals surface area contributed by atoms with Gasteiger partial charge in [-0.3, -0.25) is 0 Å². The van der Waals surface area contributed by atoms with Crippen molar-refractivity contribution in [3.63, 3.8) is 0 Å². The first-order chi connectivity index (χ1) is 10.1. The summed E-state index contributed by atoms with van der Waals surface area (Å²) >= 11 is 1.64. The van der Waals surface area contributed by atoms with Crippen molar-refractivity contribution in [2.75, 3.05) is 11.9 Å². The number of aryl methyl sites for hydroxylation is 1. The maximum Gasteiger partial charge on any atom is 0.152 e. The van der Waals surface area contributed by atoms with Crippen LogP contribution >= 0.6 is 11.3 Å². The predicted octanol–water partition coefficient (Wildman–Crippen LogP) is 2.81. The third-order valence-corrected chi connectivity index (χ3v) is 4.17. The van der Waals surface area contributed by atoms with E-state index in [0.29, 0.717) is 12.6 Å². The van der Waals surface area contributed by atoms with Gasteiger partial charge in [0.15, 0.2) is 5.82 Å². The van der Waals surface area contributed by atoms with Crippen LogP contribution in [0.2, 0.25) is 0 Å². The molecule has 0 N–H and O–H groups in total. The highest BCUT2D eigenvalue weighted by molar-refractivity contribution is 7.16. The second kappa shape index (κ2) is 5.40. The highest BCUT2D eigenvalue weighted by atomic mass is 32.1. The van der Waals surface area contributed by atoms with Crippen LogP contribution in [0.3, 0.4) is 0 Å². The van der Waals surface area contributed by atoms with Gasteiger partial charge in [0, 0.05) is 13.1 Å². The van der Waals surface area contributed by atoms with E-state index in [1.54, 1.807) is 17.7 Å². The number of aromatic nitrogens is 5. The number of rotatable bonds is 4. The molecule has 0 bridgehead atoms. The van der Waals surface area contributed by atoms with Crippen LogP contribution in [0, 0.1) is 6.92 Å². The van der Waals surface area contributed by atoms with Crippen molar-refractivity contribution in [2.45, 2.75) is 33.4 Å². The van der Waals surface area contributed by atoms with E-state index in [1.165, 1.54) is 0 Å². The highest BCUT2D eigenvalue weighted by Crippen LogP contribution is 2.27. The second-order valence-electron chi connectivity index (χ2n) is 5.34. The number of thiophene rings is 1. The zero-order valence-electron chi connectivity index (χ0n) is 12.6. The molecular weight excluding hydrogens is 284 g/mol. The van der Waals surface area contributed by atoms with Gasteiger partial charge in [0.05, 0.1) is 11.9 Å². The summed E-state index contributed by atoms with van der Waals surface area (Å²) in [5.41, 5.74) is 0. The first-order valence-electron chi connectivity index (χ1n) is 6.87. The maximum absolute atomic E-state index is 4.59. The van der Waals surface area contributed by atoms with E-state index < -0.39 is 0 Å². The van der Waals surface area contributed by atoms with Crippen LogP contribution in [0.25, 0.3) is 10.2 Å². The van der Waals surface area contributed by atoms with Crippen LogP contribution in [0.1, 0.15) is 31.5 Å². The number of hydrogen-bond acceptors (Lipinski definition) is 6. The monoisotopic (exact) mass is 302 g/mol. The molecule has 21 heavy (non-hydrogen) atoms. The van der Waals surface area contributed by atoms with Gasteiger partial charge in [0.1, 0.15) is 22.8 Å². The third-order valence-electron chi connectivity index (χ3n) is 3.36. The lowest BCUT2D eigenvalue weighted by Crippen LogP contribution is -2.21. The summed E-state index contributed by atoms with van der Waals surface area (Å²) in [6.07, 6.45) is 1.78. The van der Waals surface area contributed by atoms with Gasteiger partial charge in [-0.15, -0.1) is 21.5 Å². The summed E-state index contributed by atoms with van der Waals surface area (Å²) in [5, 5.41) is 11.4. The zero-order valence-corrected chi connectivity index (χ0v) is 13.4. The van der Waals surface area contributed by atoms with E-state index in [9.17, 15) is 0 Å². The Kier molecular flexibility index (Phi) is 3.59. The molecule has 0 aliphatic rings. The standard InChI is InChI=1S/C14H18N6S/c1-9(2)20-8-15-18-12(20)7-19(4)13-11-5-6-21-14(11)17-10(3)16-13/h5-6,8-9H,7H2,1-4H3. The Morgan fingerprint density at radius 1 is 1.33 bits per heavy atom. The molecule has 0 aromatic carbocycles. The van der Waals surface area contributed by atoms with Gasteiger partial charge in [-0.25, -0.2) is 9.97 Å². The summed E-state index contributed by atoms with van der Waals surface area (Å²) < 4.78 is 2.08. The molecule has 0 atom stereocenters. The molecular formula is C14H18N6S. The fourth-order valence-electron chi connectivity index (χ4n) is 2.33. The van der Waals surface area contributed by atoms with Crippen LogP contribution in [0.5, 0.6) is 0 Å². The lowest BCUT2D eigenvalue weighted by Gasteiger charge is -2.20. The summed E-state index contributed by atoms with van der Waals surface area (Å²) in [4.78, 5) is 12.2. The summed E-state index contributed by atoms with van der Waals surface area (Å²) in [7, 11) is 2.03. The van der Waals surface area contributed by atoms with Crippen molar-refractivity contribution in [1.29, 1.82) is 0 Å². The molecule has 0 aliphatic carbocycles. The summed E-state index contributed by atoms with van der Waals surface area (Å²) in [6.45, 7) is 6.84. The fourth-order valence-corrected chi connectivity index (χ4v) is 3.14. The number of anilines is 1. The molecule has 0 radical (unpaired) electrons. The Balaban J connectivity index is 1.95. The van der Waals surface area contributed by atoms with Crippen LogP contribution in [0.15, 0.2) is 17.8 Å². The van der Waals surface area contributed by atoms with E-state index in [4.69, 9.17) is 0 Å². The van der Waals surface area contributed by atoms with Crippen molar-refractivity contribution in [1.82, 2.24) is 24.7 Å². The third kappa shape index (κ3) is 2.61. The van der Waals surface area contributed by atoms with Gasteiger partial charge >= 0.3 is 0 Å². The molecule has 0 amide bonds. The minimum atomic E-state index is 0.344. The Bertz CT molecular complexity index is 760. The molecule has 0 aliphatic heterocycles. The Hall–Kier alpha value is -2.02. The summed E-state index contributed by atoms with van der Waals surface area (Å²) in [5.74, 6) is 2.67. The zero-order chi connectivity index (χ0) is 15.0. The average Bonchev–Trinajstić information content (AvgIpc) is 3.05. The molecule has 110 valence electrons. The van der Waals surface area contributed by atoms with Gasteiger partial charge < -0.3 is 9.47 Å². The molecule has 0 fully saturated rings. The normalized spacial score (nSPS) is 11.5. The number of nitrogens with zero attached hydrogens (tertiary/aromatic N) is 6. The van der Waals surface area contributed by atoms with E-state index in [2.05, 4.69) is 49.5 Å². The summed E-state index contributed by atoms with van der Waals surface area (Å²) in [6, 6.07) is 2.41. The second-order valence-corrected chi connectivity index (χ2v) is 6.23. The average molecular weight is 302 g/mol. The molecule has 3 rings (SSSR count). The smallest absolute Gasteiger partial charge is 0.152 e. The van der Waals surface area contributed by atoms with Gasteiger partial charge in [-0.05, 0) is 32.2 Å². The van der Waals surface area contributed by atoms with E-state index in [0.717, 1.165) is 27.7 Å². The van der Waals surface area contributed by atoms with Crippen molar-refractivity contribution in [2.24, 2.45) is 0 Å². The van der Waals surface area contributed by atoms with E-state index in [1.807, 2.05) is 19.4 Å². The van der Waals surface area contributed by atoms with Crippen LogP contribution < -0.4 is 4.90 Å². The molecule has 0 spiro atoms. The van der Waals surface area contributed by atoms with E-state index in [-0.39, 0.29) is 0 Å². The quantitative estimate of drug-likeness (QED) is 0.741. The Morgan fingerprint density at radius 3 is 2.90 bits per heavy atom. The molecule has 0 unspecified atom stereocenters. The number of hydrogen-bond donors (Lipinski definition) is 0. The van der Waals surface area contributed by atoms with Crippen molar-refractivity contribution in [3.05, 3.63) is 29.4 Å². The first kappa shape index (κ1) is 13.9. The minimum Gasteiger partial charge on any atom is -0.351 e. The van der Waals surface area contributed by atoms with Crippen LogP contribution in [-0.2, 0) is 6.54 Å². The van der Waals surface area contributed by atoms with Crippen LogP contribution in [0.4, 0.5) is 5.82 Å².